The van der Waals surface area contributed by atoms with Gasteiger partial charge in [-0.2, -0.15) is 5.10 Å². The number of nitrogens with zero attached hydrogens (tertiary/aromatic N) is 3. The van der Waals surface area contributed by atoms with Crippen LogP contribution in [0.2, 0.25) is 0 Å². The Morgan fingerprint density at radius 2 is 2.09 bits per heavy atom. The molecule has 0 saturated heterocycles. The molecule has 128 valence electrons. The summed E-state index contributed by atoms with van der Waals surface area (Å²) in [6.45, 7) is 9.26. The van der Waals surface area contributed by atoms with Gasteiger partial charge in [-0.3, -0.25) is 9.67 Å². The SMILES string of the molecule is CCNC(=NCCCn1cccn1)NCCCCOCC.I. The lowest BCUT2D eigenvalue weighted by Crippen LogP contribution is -2.38. The van der Waals surface area contributed by atoms with Crippen LogP contribution in [0, 0.1) is 0 Å². The molecular formula is C15H30IN5O. The summed E-state index contributed by atoms with van der Waals surface area (Å²) >= 11 is 0. The average molecular weight is 423 g/mol. The van der Waals surface area contributed by atoms with E-state index >= 15 is 0 Å². The van der Waals surface area contributed by atoms with Crippen LogP contribution in [0.3, 0.4) is 0 Å². The first-order valence-corrected chi connectivity index (χ1v) is 7.94. The predicted octanol–water partition coefficient (Wildman–Crippen LogP) is 2.26. The van der Waals surface area contributed by atoms with Gasteiger partial charge in [0.1, 0.15) is 0 Å². The second-order valence-electron chi connectivity index (χ2n) is 4.71. The number of ether oxygens (including phenoxy) is 1. The molecule has 1 heterocycles. The van der Waals surface area contributed by atoms with E-state index in [0.717, 1.165) is 64.6 Å². The molecule has 1 aromatic heterocycles. The van der Waals surface area contributed by atoms with Gasteiger partial charge in [0.25, 0.3) is 0 Å². The van der Waals surface area contributed by atoms with E-state index in [-0.39, 0.29) is 24.0 Å². The number of aryl methyl sites for hydroxylation is 1. The van der Waals surface area contributed by atoms with Crippen molar-refractivity contribution in [1.82, 2.24) is 20.4 Å². The fourth-order valence-electron chi connectivity index (χ4n) is 1.88. The molecule has 0 bridgehead atoms. The Balaban J connectivity index is 0.00000441. The van der Waals surface area contributed by atoms with Crippen LogP contribution < -0.4 is 10.6 Å². The van der Waals surface area contributed by atoms with Gasteiger partial charge >= 0.3 is 0 Å². The average Bonchev–Trinajstić information content (AvgIpc) is 3.00. The van der Waals surface area contributed by atoms with Crippen molar-refractivity contribution >= 4 is 29.9 Å². The van der Waals surface area contributed by atoms with Crippen molar-refractivity contribution in [3.8, 4) is 0 Å². The van der Waals surface area contributed by atoms with Crippen LogP contribution in [-0.4, -0.2) is 48.6 Å². The maximum Gasteiger partial charge on any atom is 0.191 e. The van der Waals surface area contributed by atoms with E-state index in [2.05, 4.69) is 27.6 Å². The van der Waals surface area contributed by atoms with Gasteiger partial charge in [0.2, 0.25) is 0 Å². The summed E-state index contributed by atoms with van der Waals surface area (Å²) < 4.78 is 7.26. The molecule has 22 heavy (non-hydrogen) atoms. The molecule has 0 radical (unpaired) electrons. The van der Waals surface area contributed by atoms with Gasteiger partial charge in [0.05, 0.1) is 0 Å². The quantitative estimate of drug-likeness (QED) is 0.248. The molecule has 6 nitrogen and oxygen atoms in total. The Bertz CT molecular complexity index is 370. The third kappa shape index (κ3) is 10.8. The Morgan fingerprint density at radius 1 is 1.23 bits per heavy atom. The van der Waals surface area contributed by atoms with E-state index in [4.69, 9.17) is 4.74 Å². The molecule has 1 rings (SSSR count). The molecular weight excluding hydrogens is 393 g/mol. The first-order chi connectivity index (χ1) is 10.4. The largest absolute Gasteiger partial charge is 0.382 e. The minimum absolute atomic E-state index is 0. The van der Waals surface area contributed by atoms with Gasteiger partial charge in [0.15, 0.2) is 5.96 Å². The van der Waals surface area contributed by atoms with Crippen molar-refractivity contribution in [2.24, 2.45) is 4.99 Å². The van der Waals surface area contributed by atoms with Crippen LogP contribution in [0.1, 0.15) is 33.1 Å². The van der Waals surface area contributed by atoms with Gasteiger partial charge < -0.3 is 15.4 Å². The number of aromatic nitrogens is 2. The predicted molar refractivity (Wildman–Crippen MR) is 102 cm³/mol. The molecule has 0 spiro atoms. The standard InChI is InChI=1S/C15H29N5O.HI/c1-3-16-15(17-9-5-6-14-21-4-2)18-10-7-12-20-13-8-11-19-20;/h8,11,13H,3-7,9-10,12,14H2,1-2H3,(H2,16,17,18);1H. The third-order valence-electron chi connectivity index (χ3n) is 2.93. The summed E-state index contributed by atoms with van der Waals surface area (Å²) in [7, 11) is 0. The zero-order valence-electron chi connectivity index (χ0n) is 13.8. The van der Waals surface area contributed by atoms with Crippen LogP contribution in [0.25, 0.3) is 0 Å². The van der Waals surface area contributed by atoms with Crippen molar-refractivity contribution in [3.63, 3.8) is 0 Å². The number of aliphatic imine (C=N–C) groups is 1. The van der Waals surface area contributed by atoms with E-state index < -0.39 is 0 Å². The molecule has 2 N–H and O–H groups in total. The molecule has 0 unspecified atom stereocenters. The number of guanidine groups is 1. The van der Waals surface area contributed by atoms with Gasteiger partial charge in [0, 0.05) is 51.8 Å². The summed E-state index contributed by atoms with van der Waals surface area (Å²) in [5.41, 5.74) is 0. The summed E-state index contributed by atoms with van der Waals surface area (Å²) in [6.07, 6.45) is 6.95. The number of rotatable bonds is 11. The van der Waals surface area contributed by atoms with Gasteiger partial charge in [-0.15, -0.1) is 24.0 Å². The molecule has 1 aromatic rings. The molecule has 7 heteroatoms. The first-order valence-electron chi connectivity index (χ1n) is 7.94. The van der Waals surface area contributed by atoms with Crippen LogP contribution in [0.15, 0.2) is 23.5 Å². The van der Waals surface area contributed by atoms with E-state index in [1.165, 1.54) is 0 Å². The van der Waals surface area contributed by atoms with Crippen LogP contribution >= 0.6 is 24.0 Å². The third-order valence-corrected chi connectivity index (χ3v) is 2.93. The minimum Gasteiger partial charge on any atom is -0.382 e. The normalized spacial score (nSPS) is 11.1. The minimum atomic E-state index is 0. The molecule has 0 aliphatic carbocycles. The number of hydrogen-bond acceptors (Lipinski definition) is 3. The Labute approximate surface area is 151 Å². The van der Waals surface area contributed by atoms with E-state index in [1.54, 1.807) is 6.20 Å². The number of hydrogen-bond donors (Lipinski definition) is 2. The van der Waals surface area contributed by atoms with Gasteiger partial charge in [-0.25, -0.2) is 0 Å². The van der Waals surface area contributed by atoms with Crippen LogP contribution in [0.4, 0.5) is 0 Å². The van der Waals surface area contributed by atoms with Crippen molar-refractivity contribution in [3.05, 3.63) is 18.5 Å². The fraction of sp³-hybridized carbons (Fsp3) is 0.733. The number of nitrogens with one attached hydrogen (secondary N) is 2. The summed E-state index contributed by atoms with van der Waals surface area (Å²) in [6, 6.07) is 1.94. The molecule has 0 aliphatic rings. The van der Waals surface area contributed by atoms with E-state index in [9.17, 15) is 0 Å². The van der Waals surface area contributed by atoms with Crippen molar-refractivity contribution in [2.45, 2.75) is 39.7 Å². The maximum atomic E-state index is 5.32. The highest BCUT2D eigenvalue weighted by Gasteiger charge is 1.97. The highest BCUT2D eigenvalue weighted by atomic mass is 127. The molecule has 0 fully saturated rings. The number of unbranched alkanes of at least 4 members (excludes halogenated alkanes) is 1. The smallest absolute Gasteiger partial charge is 0.191 e. The highest BCUT2D eigenvalue weighted by molar-refractivity contribution is 14.0. The van der Waals surface area contributed by atoms with Crippen LogP contribution in [0.5, 0.6) is 0 Å². The summed E-state index contributed by atoms with van der Waals surface area (Å²) in [5, 5.41) is 10.8. The second-order valence-corrected chi connectivity index (χ2v) is 4.71. The van der Waals surface area contributed by atoms with Crippen molar-refractivity contribution in [1.29, 1.82) is 0 Å². The maximum absolute atomic E-state index is 5.32. The molecule has 0 atom stereocenters. The zero-order chi connectivity index (χ0) is 15.2. The monoisotopic (exact) mass is 423 g/mol. The zero-order valence-corrected chi connectivity index (χ0v) is 16.1. The Morgan fingerprint density at radius 3 is 2.77 bits per heavy atom. The molecule has 0 aromatic carbocycles. The van der Waals surface area contributed by atoms with Crippen molar-refractivity contribution in [2.75, 3.05) is 32.8 Å². The topological polar surface area (TPSA) is 63.5 Å². The molecule has 0 aliphatic heterocycles. The Hall–Kier alpha value is -0.830. The molecule has 0 saturated carbocycles. The Kier molecular flexibility index (Phi) is 14.5. The fourth-order valence-corrected chi connectivity index (χ4v) is 1.88. The lowest BCUT2D eigenvalue weighted by Gasteiger charge is -2.11. The summed E-state index contributed by atoms with van der Waals surface area (Å²) in [4.78, 5) is 4.57. The van der Waals surface area contributed by atoms with Crippen molar-refractivity contribution < 1.29 is 4.74 Å². The lowest BCUT2D eigenvalue weighted by atomic mass is 10.3. The van der Waals surface area contributed by atoms with E-state index in [1.807, 2.05) is 23.9 Å². The number of halogens is 1. The van der Waals surface area contributed by atoms with Gasteiger partial charge in [-0.05, 0) is 39.2 Å². The second kappa shape index (κ2) is 15.1. The molecule has 0 amide bonds. The lowest BCUT2D eigenvalue weighted by molar-refractivity contribution is 0.143. The first kappa shape index (κ1) is 21.2. The van der Waals surface area contributed by atoms with E-state index in [0.29, 0.717) is 0 Å². The van der Waals surface area contributed by atoms with Crippen LogP contribution in [-0.2, 0) is 11.3 Å². The highest BCUT2D eigenvalue weighted by Crippen LogP contribution is 1.91. The van der Waals surface area contributed by atoms with Gasteiger partial charge in [-0.1, -0.05) is 0 Å². The summed E-state index contributed by atoms with van der Waals surface area (Å²) in [5.74, 6) is 0.898.